The maximum atomic E-state index is 12.5. The molecule has 9 heteroatoms. The van der Waals surface area contributed by atoms with Crippen molar-refractivity contribution in [2.24, 2.45) is 0 Å². The lowest BCUT2D eigenvalue weighted by Crippen LogP contribution is -2.24. The molecule has 3 heterocycles. The van der Waals surface area contributed by atoms with Crippen molar-refractivity contribution in [2.75, 3.05) is 23.9 Å². The normalized spacial score (nSPS) is 13.7. The third-order valence-corrected chi connectivity index (χ3v) is 7.25. The average molecular weight is 492 g/mol. The molecule has 6 nitrogen and oxygen atoms in total. The number of carbonyl (C=O) groups is 2. The van der Waals surface area contributed by atoms with Gasteiger partial charge in [0.2, 0.25) is 11.8 Å². The summed E-state index contributed by atoms with van der Waals surface area (Å²) in [7, 11) is 1.56. The standard InChI is InChI=1S/C20H18BrN3O3S2/c1-27-16-8-13(4-5-15(16)24-6-2-3-19(24)26)22-18(25)9-14-11-29-20(23-14)17-7-12(21)10-28-17/h4-5,7-8,10-11H,2-3,6,9H2,1H3,(H,22,25). The molecule has 0 aliphatic carbocycles. The fourth-order valence-electron chi connectivity index (χ4n) is 3.18. The van der Waals surface area contributed by atoms with Gasteiger partial charge in [-0.2, -0.15) is 0 Å². The molecule has 1 fully saturated rings. The molecule has 0 atom stereocenters. The van der Waals surface area contributed by atoms with E-state index in [9.17, 15) is 9.59 Å². The fourth-order valence-corrected chi connectivity index (χ4v) is 5.50. The number of thiazole rings is 1. The first kappa shape index (κ1) is 20.1. The largest absolute Gasteiger partial charge is 0.494 e. The summed E-state index contributed by atoms with van der Waals surface area (Å²) < 4.78 is 6.47. The first-order valence-electron chi connectivity index (χ1n) is 9.00. The van der Waals surface area contributed by atoms with E-state index in [1.807, 2.05) is 22.9 Å². The molecule has 2 aromatic heterocycles. The molecular weight excluding hydrogens is 474 g/mol. The van der Waals surface area contributed by atoms with Gasteiger partial charge in [0.05, 0.1) is 29.8 Å². The van der Waals surface area contributed by atoms with Crippen molar-refractivity contribution in [3.05, 3.63) is 45.2 Å². The highest BCUT2D eigenvalue weighted by Crippen LogP contribution is 2.34. The van der Waals surface area contributed by atoms with Crippen molar-refractivity contribution in [1.29, 1.82) is 0 Å². The molecule has 29 heavy (non-hydrogen) atoms. The van der Waals surface area contributed by atoms with Crippen molar-refractivity contribution in [1.82, 2.24) is 4.98 Å². The van der Waals surface area contributed by atoms with Crippen molar-refractivity contribution < 1.29 is 14.3 Å². The summed E-state index contributed by atoms with van der Waals surface area (Å²) in [6.07, 6.45) is 1.59. The second-order valence-electron chi connectivity index (χ2n) is 6.53. The van der Waals surface area contributed by atoms with Crippen LogP contribution < -0.4 is 15.0 Å². The van der Waals surface area contributed by atoms with E-state index in [0.717, 1.165) is 32.2 Å². The van der Waals surface area contributed by atoms with Crippen LogP contribution in [0.1, 0.15) is 18.5 Å². The SMILES string of the molecule is COc1cc(NC(=O)Cc2csc(-c3cc(Br)cs3)n2)ccc1N1CCCC1=O. The molecule has 1 aromatic carbocycles. The van der Waals surface area contributed by atoms with E-state index in [4.69, 9.17) is 4.74 Å². The molecule has 150 valence electrons. The van der Waals surface area contributed by atoms with E-state index in [1.54, 1.807) is 35.5 Å². The van der Waals surface area contributed by atoms with Crippen LogP contribution in [0.4, 0.5) is 11.4 Å². The number of carbonyl (C=O) groups excluding carboxylic acids is 2. The molecule has 0 unspecified atom stereocenters. The minimum Gasteiger partial charge on any atom is -0.494 e. The minimum atomic E-state index is -0.152. The highest BCUT2D eigenvalue weighted by atomic mass is 79.9. The Labute approximate surface area is 184 Å². The Kier molecular flexibility index (Phi) is 5.98. The lowest BCUT2D eigenvalue weighted by atomic mass is 10.2. The molecule has 1 N–H and O–H groups in total. The van der Waals surface area contributed by atoms with Crippen molar-refractivity contribution >= 4 is 61.8 Å². The zero-order valence-corrected chi connectivity index (χ0v) is 18.8. The number of hydrogen-bond donors (Lipinski definition) is 1. The number of methoxy groups -OCH3 is 1. The third kappa shape index (κ3) is 4.52. The second kappa shape index (κ2) is 8.64. The van der Waals surface area contributed by atoms with Crippen LogP contribution in [0.15, 0.2) is 39.5 Å². The van der Waals surface area contributed by atoms with Crippen LogP contribution >= 0.6 is 38.6 Å². The number of rotatable bonds is 6. The quantitative estimate of drug-likeness (QED) is 0.529. The van der Waals surface area contributed by atoms with Crippen LogP contribution in [-0.2, 0) is 16.0 Å². The van der Waals surface area contributed by atoms with Crippen LogP contribution in [0, 0.1) is 0 Å². The molecule has 0 bridgehead atoms. The van der Waals surface area contributed by atoms with Gasteiger partial charge in [-0.25, -0.2) is 4.98 Å². The van der Waals surface area contributed by atoms with E-state index in [-0.39, 0.29) is 18.2 Å². The molecule has 1 aliphatic rings. The summed E-state index contributed by atoms with van der Waals surface area (Å²) in [5, 5.41) is 7.71. The predicted molar refractivity (Wildman–Crippen MR) is 120 cm³/mol. The summed E-state index contributed by atoms with van der Waals surface area (Å²) >= 11 is 6.59. The van der Waals surface area contributed by atoms with E-state index < -0.39 is 0 Å². The highest BCUT2D eigenvalue weighted by molar-refractivity contribution is 9.10. The van der Waals surface area contributed by atoms with E-state index in [1.165, 1.54) is 11.3 Å². The van der Waals surface area contributed by atoms with E-state index in [2.05, 4.69) is 26.2 Å². The number of thiophene rings is 1. The van der Waals surface area contributed by atoms with Gasteiger partial charge in [-0.05, 0) is 40.5 Å². The van der Waals surface area contributed by atoms with Gasteiger partial charge in [0.1, 0.15) is 10.8 Å². The van der Waals surface area contributed by atoms with E-state index in [0.29, 0.717) is 24.4 Å². The number of halogens is 1. The Morgan fingerprint density at radius 2 is 2.17 bits per heavy atom. The van der Waals surface area contributed by atoms with Gasteiger partial charge < -0.3 is 15.0 Å². The predicted octanol–water partition coefficient (Wildman–Crippen LogP) is 4.95. The highest BCUT2D eigenvalue weighted by Gasteiger charge is 2.24. The minimum absolute atomic E-state index is 0.0946. The molecule has 1 saturated heterocycles. The number of ether oxygens (including phenoxy) is 1. The maximum absolute atomic E-state index is 12.5. The summed E-state index contributed by atoms with van der Waals surface area (Å²) in [5.41, 5.74) is 2.09. The van der Waals surface area contributed by atoms with E-state index >= 15 is 0 Å². The maximum Gasteiger partial charge on any atom is 0.230 e. The molecule has 0 spiro atoms. The number of nitrogens with zero attached hydrogens (tertiary/aromatic N) is 2. The number of hydrogen-bond acceptors (Lipinski definition) is 6. The Morgan fingerprint density at radius 1 is 1.31 bits per heavy atom. The Balaban J connectivity index is 1.43. The van der Waals surface area contributed by atoms with Gasteiger partial charge in [0.25, 0.3) is 0 Å². The molecule has 3 aromatic rings. The molecule has 1 aliphatic heterocycles. The van der Waals surface area contributed by atoms with Crippen molar-refractivity contribution in [3.8, 4) is 15.6 Å². The van der Waals surface area contributed by atoms with Crippen LogP contribution in [0.2, 0.25) is 0 Å². The Bertz CT molecular complexity index is 1060. The molecular formula is C20H18BrN3O3S2. The summed E-state index contributed by atoms with van der Waals surface area (Å²) in [4.78, 5) is 31.8. The van der Waals surface area contributed by atoms with Gasteiger partial charge in [-0.15, -0.1) is 22.7 Å². The topological polar surface area (TPSA) is 71.5 Å². The monoisotopic (exact) mass is 491 g/mol. The number of benzene rings is 1. The Hall–Kier alpha value is -2.23. The zero-order valence-electron chi connectivity index (χ0n) is 15.6. The molecule has 4 rings (SSSR count). The van der Waals surface area contributed by atoms with Crippen molar-refractivity contribution in [3.63, 3.8) is 0 Å². The van der Waals surface area contributed by atoms with Crippen molar-refractivity contribution in [2.45, 2.75) is 19.3 Å². The fraction of sp³-hybridized carbons (Fsp3) is 0.250. The van der Waals surface area contributed by atoms with Crippen LogP contribution in [0.25, 0.3) is 9.88 Å². The number of anilines is 2. The van der Waals surface area contributed by atoms with Crippen LogP contribution in [0.5, 0.6) is 5.75 Å². The number of aromatic nitrogens is 1. The molecule has 0 saturated carbocycles. The first-order chi connectivity index (χ1) is 14.0. The second-order valence-corrected chi connectivity index (χ2v) is 9.22. The number of amides is 2. The van der Waals surface area contributed by atoms with Gasteiger partial charge in [0, 0.05) is 40.0 Å². The smallest absolute Gasteiger partial charge is 0.230 e. The number of nitrogens with one attached hydrogen (secondary N) is 1. The lowest BCUT2D eigenvalue weighted by Gasteiger charge is -2.19. The zero-order chi connectivity index (χ0) is 20.4. The summed E-state index contributed by atoms with van der Waals surface area (Å²) in [5.74, 6) is 0.510. The average Bonchev–Trinajstić information content (AvgIpc) is 3.43. The van der Waals surface area contributed by atoms with Crippen LogP contribution in [-0.4, -0.2) is 30.5 Å². The van der Waals surface area contributed by atoms with Gasteiger partial charge >= 0.3 is 0 Å². The van der Waals surface area contributed by atoms with Gasteiger partial charge in [0.15, 0.2) is 0 Å². The summed E-state index contributed by atoms with van der Waals surface area (Å²) in [6.45, 7) is 0.688. The van der Waals surface area contributed by atoms with Gasteiger partial charge in [-0.1, -0.05) is 0 Å². The third-order valence-electron chi connectivity index (χ3n) is 4.50. The Morgan fingerprint density at radius 3 is 2.86 bits per heavy atom. The van der Waals surface area contributed by atoms with Gasteiger partial charge in [-0.3, -0.25) is 9.59 Å². The summed E-state index contributed by atoms with van der Waals surface area (Å²) in [6, 6.07) is 7.37. The lowest BCUT2D eigenvalue weighted by molar-refractivity contribution is -0.117. The molecule has 2 amide bonds. The first-order valence-corrected chi connectivity index (χ1v) is 11.6. The molecule has 0 radical (unpaired) electrons. The van der Waals surface area contributed by atoms with Crippen LogP contribution in [0.3, 0.4) is 0 Å².